The second-order valence-corrected chi connectivity index (χ2v) is 5.66. The molecule has 0 saturated carbocycles. The van der Waals surface area contributed by atoms with Gasteiger partial charge in [0.05, 0.1) is 0 Å². The van der Waals surface area contributed by atoms with E-state index < -0.39 is 0 Å². The number of hydrogen-bond donors (Lipinski definition) is 2. The molecule has 2 nitrogen and oxygen atoms in total. The fourth-order valence-corrected chi connectivity index (χ4v) is 2.78. The average molecular weight is 316 g/mol. The summed E-state index contributed by atoms with van der Waals surface area (Å²) in [6.07, 6.45) is 2.06. The van der Waals surface area contributed by atoms with E-state index >= 15 is 0 Å². The van der Waals surface area contributed by atoms with E-state index in [1.54, 1.807) is 12.1 Å². The standard InChI is InChI=1S/C16H14BrNO/c1-10(11-2-5-13(19)6-3-11)15-9-18-16-7-4-12(17)8-14(15)16/h2-10,18-19H,1H3. The maximum absolute atomic E-state index is 9.36. The molecule has 1 atom stereocenters. The molecule has 0 spiro atoms. The lowest BCUT2D eigenvalue weighted by molar-refractivity contribution is 0.475. The molecule has 0 amide bonds. The lowest BCUT2D eigenvalue weighted by Crippen LogP contribution is -1.94. The molecule has 0 fully saturated rings. The molecule has 1 aromatic heterocycles. The highest BCUT2D eigenvalue weighted by atomic mass is 79.9. The highest BCUT2D eigenvalue weighted by molar-refractivity contribution is 9.10. The van der Waals surface area contributed by atoms with E-state index in [1.807, 2.05) is 18.2 Å². The second-order valence-electron chi connectivity index (χ2n) is 4.75. The van der Waals surface area contributed by atoms with Crippen LogP contribution in [0, 0.1) is 0 Å². The Morgan fingerprint density at radius 2 is 1.84 bits per heavy atom. The van der Waals surface area contributed by atoms with E-state index in [4.69, 9.17) is 0 Å². The lowest BCUT2D eigenvalue weighted by atomic mass is 9.93. The van der Waals surface area contributed by atoms with Crippen LogP contribution >= 0.6 is 15.9 Å². The predicted octanol–water partition coefficient (Wildman–Crippen LogP) is 4.79. The van der Waals surface area contributed by atoms with Crippen LogP contribution in [0.15, 0.2) is 53.1 Å². The number of hydrogen-bond acceptors (Lipinski definition) is 1. The van der Waals surface area contributed by atoms with E-state index in [-0.39, 0.29) is 5.92 Å². The molecule has 0 radical (unpaired) electrons. The highest BCUT2D eigenvalue weighted by Gasteiger charge is 2.13. The molecule has 0 aliphatic rings. The number of aromatic hydroxyl groups is 1. The number of halogens is 1. The van der Waals surface area contributed by atoms with Crippen molar-refractivity contribution >= 4 is 26.8 Å². The van der Waals surface area contributed by atoms with Crippen LogP contribution in [-0.2, 0) is 0 Å². The third-order valence-electron chi connectivity index (χ3n) is 3.54. The number of aromatic nitrogens is 1. The Labute approximate surface area is 120 Å². The van der Waals surface area contributed by atoms with Gasteiger partial charge in [0.25, 0.3) is 0 Å². The third-order valence-corrected chi connectivity index (χ3v) is 4.03. The van der Waals surface area contributed by atoms with Gasteiger partial charge in [-0.2, -0.15) is 0 Å². The molecule has 3 rings (SSSR count). The summed E-state index contributed by atoms with van der Waals surface area (Å²) >= 11 is 3.52. The van der Waals surface area contributed by atoms with Crippen LogP contribution in [0.5, 0.6) is 5.75 Å². The Balaban J connectivity index is 2.08. The van der Waals surface area contributed by atoms with Gasteiger partial charge in [-0.15, -0.1) is 0 Å². The Bertz CT molecular complexity index is 715. The van der Waals surface area contributed by atoms with Crippen molar-refractivity contribution < 1.29 is 5.11 Å². The molecule has 2 N–H and O–H groups in total. The molecular formula is C16H14BrNO. The summed E-state index contributed by atoms with van der Waals surface area (Å²) < 4.78 is 1.08. The Morgan fingerprint density at radius 3 is 2.58 bits per heavy atom. The zero-order valence-electron chi connectivity index (χ0n) is 10.5. The molecule has 0 aliphatic carbocycles. The summed E-state index contributed by atoms with van der Waals surface area (Å²) in [6.45, 7) is 2.18. The van der Waals surface area contributed by atoms with Gasteiger partial charge < -0.3 is 10.1 Å². The summed E-state index contributed by atoms with van der Waals surface area (Å²) in [4.78, 5) is 3.31. The van der Waals surface area contributed by atoms with Gasteiger partial charge in [0, 0.05) is 27.5 Å². The van der Waals surface area contributed by atoms with Crippen molar-refractivity contribution in [3.8, 4) is 5.75 Å². The number of H-pyrrole nitrogens is 1. The van der Waals surface area contributed by atoms with Crippen molar-refractivity contribution in [2.45, 2.75) is 12.8 Å². The molecule has 0 aliphatic heterocycles. The van der Waals surface area contributed by atoms with Crippen LogP contribution in [0.2, 0.25) is 0 Å². The third kappa shape index (κ3) is 2.26. The van der Waals surface area contributed by atoms with E-state index in [2.05, 4.69) is 46.2 Å². The lowest BCUT2D eigenvalue weighted by Gasteiger charge is -2.11. The van der Waals surface area contributed by atoms with Gasteiger partial charge in [-0.05, 0) is 41.5 Å². The maximum atomic E-state index is 9.36. The van der Waals surface area contributed by atoms with E-state index in [0.717, 1.165) is 9.99 Å². The van der Waals surface area contributed by atoms with E-state index in [0.29, 0.717) is 5.75 Å². The van der Waals surface area contributed by atoms with Crippen LogP contribution in [0.1, 0.15) is 24.0 Å². The molecule has 1 heterocycles. The summed E-state index contributed by atoms with van der Waals surface area (Å²) in [7, 11) is 0. The van der Waals surface area contributed by atoms with Crippen molar-refractivity contribution in [2.75, 3.05) is 0 Å². The van der Waals surface area contributed by atoms with Crippen LogP contribution < -0.4 is 0 Å². The second kappa shape index (κ2) is 4.74. The number of phenolic OH excluding ortho intramolecular Hbond substituents is 1. The van der Waals surface area contributed by atoms with Crippen LogP contribution in [0.3, 0.4) is 0 Å². The molecule has 19 heavy (non-hydrogen) atoms. The van der Waals surface area contributed by atoms with Crippen LogP contribution in [0.25, 0.3) is 10.9 Å². The quantitative estimate of drug-likeness (QED) is 0.701. The maximum Gasteiger partial charge on any atom is 0.115 e. The first-order valence-corrected chi connectivity index (χ1v) is 7.00. The predicted molar refractivity (Wildman–Crippen MR) is 81.6 cm³/mol. The average Bonchev–Trinajstić information content (AvgIpc) is 2.81. The summed E-state index contributed by atoms with van der Waals surface area (Å²) in [5, 5.41) is 10.6. The van der Waals surface area contributed by atoms with E-state index in [9.17, 15) is 5.11 Å². The van der Waals surface area contributed by atoms with Gasteiger partial charge in [0.15, 0.2) is 0 Å². The SMILES string of the molecule is CC(c1ccc(O)cc1)c1c[nH]c2ccc(Br)cc12. The Morgan fingerprint density at radius 1 is 1.11 bits per heavy atom. The van der Waals surface area contributed by atoms with Crippen molar-refractivity contribution in [1.82, 2.24) is 4.98 Å². The molecule has 3 heteroatoms. The number of fused-ring (bicyclic) bond motifs is 1. The molecular weight excluding hydrogens is 302 g/mol. The minimum Gasteiger partial charge on any atom is -0.508 e. The summed E-state index contributed by atoms with van der Waals surface area (Å²) in [5.41, 5.74) is 3.60. The van der Waals surface area contributed by atoms with Gasteiger partial charge in [-0.25, -0.2) is 0 Å². The van der Waals surface area contributed by atoms with Gasteiger partial charge in [0.2, 0.25) is 0 Å². The zero-order chi connectivity index (χ0) is 13.4. The zero-order valence-corrected chi connectivity index (χ0v) is 12.1. The van der Waals surface area contributed by atoms with Crippen molar-refractivity contribution in [2.24, 2.45) is 0 Å². The van der Waals surface area contributed by atoms with Crippen molar-refractivity contribution in [3.05, 3.63) is 64.3 Å². The minimum absolute atomic E-state index is 0.281. The molecule has 96 valence electrons. The largest absolute Gasteiger partial charge is 0.508 e. The number of rotatable bonds is 2. The first-order valence-electron chi connectivity index (χ1n) is 6.20. The minimum atomic E-state index is 0.281. The summed E-state index contributed by atoms with van der Waals surface area (Å²) in [6, 6.07) is 13.7. The van der Waals surface area contributed by atoms with Gasteiger partial charge >= 0.3 is 0 Å². The van der Waals surface area contributed by atoms with Gasteiger partial charge in [0.1, 0.15) is 5.75 Å². The number of aromatic amines is 1. The Hall–Kier alpha value is -1.74. The molecule has 0 saturated heterocycles. The summed E-state index contributed by atoms with van der Waals surface area (Å²) in [5.74, 6) is 0.585. The van der Waals surface area contributed by atoms with Gasteiger partial charge in [-0.3, -0.25) is 0 Å². The first-order chi connectivity index (χ1) is 9.15. The Kier molecular flexibility index (Phi) is 3.07. The highest BCUT2D eigenvalue weighted by Crippen LogP contribution is 2.32. The molecule has 1 unspecified atom stereocenters. The van der Waals surface area contributed by atoms with Crippen molar-refractivity contribution in [1.29, 1.82) is 0 Å². The van der Waals surface area contributed by atoms with E-state index in [1.165, 1.54) is 16.5 Å². The number of benzene rings is 2. The number of nitrogens with one attached hydrogen (secondary N) is 1. The fraction of sp³-hybridized carbons (Fsp3) is 0.125. The normalized spacial score (nSPS) is 12.7. The molecule has 2 aromatic carbocycles. The first kappa shape index (κ1) is 12.3. The monoisotopic (exact) mass is 315 g/mol. The molecule has 3 aromatic rings. The van der Waals surface area contributed by atoms with Gasteiger partial charge in [-0.1, -0.05) is 35.0 Å². The van der Waals surface area contributed by atoms with Crippen LogP contribution in [0.4, 0.5) is 0 Å². The fourth-order valence-electron chi connectivity index (χ4n) is 2.42. The topological polar surface area (TPSA) is 36.0 Å². The number of phenols is 1. The smallest absolute Gasteiger partial charge is 0.115 e. The van der Waals surface area contributed by atoms with Crippen LogP contribution in [-0.4, -0.2) is 10.1 Å². The van der Waals surface area contributed by atoms with Crippen molar-refractivity contribution in [3.63, 3.8) is 0 Å². The molecule has 0 bridgehead atoms.